The minimum absolute atomic E-state index is 0.556. The van der Waals surface area contributed by atoms with Gasteiger partial charge in [-0.25, -0.2) is 4.79 Å². The first-order valence-electron chi connectivity index (χ1n) is 4.93. The number of aromatic nitrogens is 2. The van der Waals surface area contributed by atoms with Gasteiger partial charge in [0, 0.05) is 0 Å². The number of rotatable bonds is 4. The van der Waals surface area contributed by atoms with Gasteiger partial charge in [0.1, 0.15) is 6.04 Å². The van der Waals surface area contributed by atoms with Crippen molar-refractivity contribution in [1.82, 2.24) is 9.78 Å². The third-order valence-corrected chi connectivity index (χ3v) is 3.53. The molecule has 1 N–H and O–H groups in total. The summed E-state index contributed by atoms with van der Waals surface area (Å²) in [6.07, 6.45) is 1.43. The molecule has 0 saturated heterocycles. The predicted molar refractivity (Wildman–Crippen MR) is 61.0 cm³/mol. The second-order valence-corrected chi connectivity index (χ2v) is 4.37. The second-order valence-electron chi connectivity index (χ2n) is 3.57. The van der Waals surface area contributed by atoms with Crippen LogP contribution in [0.2, 0.25) is 0 Å². The summed E-state index contributed by atoms with van der Waals surface area (Å²) in [6, 6.07) is -0.556. The molecule has 84 valence electrons. The van der Waals surface area contributed by atoms with Crippen LogP contribution in [0.4, 0.5) is 0 Å². The van der Waals surface area contributed by atoms with Crippen molar-refractivity contribution >= 4 is 21.9 Å². The molecule has 1 atom stereocenters. The number of nitrogens with zero attached hydrogens (tertiary/aromatic N) is 2. The number of aryl methyl sites for hydroxylation is 1. The topological polar surface area (TPSA) is 55.1 Å². The number of aliphatic carboxylic acids is 1. The zero-order chi connectivity index (χ0) is 11.6. The van der Waals surface area contributed by atoms with E-state index in [9.17, 15) is 4.79 Å². The molecule has 0 amide bonds. The van der Waals surface area contributed by atoms with Gasteiger partial charge in [-0.3, -0.25) is 4.68 Å². The molecule has 0 aliphatic heterocycles. The first kappa shape index (κ1) is 12.2. The molecule has 0 radical (unpaired) electrons. The Balaban J connectivity index is 3.11. The van der Waals surface area contributed by atoms with Gasteiger partial charge in [-0.2, -0.15) is 5.10 Å². The molecule has 0 aromatic carbocycles. The fourth-order valence-electron chi connectivity index (χ4n) is 1.57. The van der Waals surface area contributed by atoms with Crippen LogP contribution in [0.25, 0.3) is 0 Å². The highest BCUT2D eigenvalue weighted by Gasteiger charge is 2.22. The number of carboxylic acids is 1. The van der Waals surface area contributed by atoms with Gasteiger partial charge >= 0.3 is 5.97 Å². The molecule has 0 aliphatic carbocycles. The molecule has 1 heterocycles. The summed E-state index contributed by atoms with van der Waals surface area (Å²) >= 11 is 3.39. The maximum Gasteiger partial charge on any atom is 0.328 e. The van der Waals surface area contributed by atoms with Crippen LogP contribution < -0.4 is 0 Å². The van der Waals surface area contributed by atoms with Gasteiger partial charge in [0.2, 0.25) is 0 Å². The number of hydrogen-bond donors (Lipinski definition) is 1. The molecule has 0 saturated carbocycles. The molecule has 5 heteroatoms. The molecule has 1 unspecified atom stereocenters. The van der Waals surface area contributed by atoms with Crippen LogP contribution in [0.5, 0.6) is 0 Å². The fourth-order valence-corrected chi connectivity index (χ4v) is 1.83. The van der Waals surface area contributed by atoms with Crippen LogP contribution in [0, 0.1) is 13.8 Å². The lowest BCUT2D eigenvalue weighted by Crippen LogP contribution is -2.21. The smallest absolute Gasteiger partial charge is 0.328 e. The third-order valence-electron chi connectivity index (χ3n) is 2.38. The molecule has 4 nitrogen and oxygen atoms in total. The maximum atomic E-state index is 11.1. The van der Waals surface area contributed by atoms with Crippen molar-refractivity contribution in [3.8, 4) is 0 Å². The fraction of sp³-hybridized carbons (Fsp3) is 0.600. The van der Waals surface area contributed by atoms with Gasteiger partial charge in [-0.1, -0.05) is 13.3 Å². The third kappa shape index (κ3) is 2.40. The Bertz CT molecular complexity index is 374. The predicted octanol–water partition coefficient (Wildman–Crippen LogP) is 2.69. The SMILES string of the molecule is CCCC(C(=O)O)n1nc(C)c(Br)c1C. The molecule has 1 aromatic heterocycles. The Hall–Kier alpha value is -0.840. The van der Waals surface area contributed by atoms with Crippen molar-refractivity contribution < 1.29 is 9.90 Å². The van der Waals surface area contributed by atoms with E-state index in [1.807, 2.05) is 20.8 Å². The van der Waals surface area contributed by atoms with Crippen LogP contribution in [0.15, 0.2) is 4.47 Å². The van der Waals surface area contributed by atoms with Gasteiger partial charge in [0.25, 0.3) is 0 Å². The Morgan fingerprint density at radius 3 is 2.53 bits per heavy atom. The van der Waals surface area contributed by atoms with Gasteiger partial charge in [-0.05, 0) is 36.2 Å². The average Bonchev–Trinajstić information content (AvgIpc) is 2.42. The van der Waals surface area contributed by atoms with Crippen LogP contribution in [-0.2, 0) is 4.79 Å². The largest absolute Gasteiger partial charge is 0.480 e. The number of carboxylic acid groups (broad SMARTS) is 1. The van der Waals surface area contributed by atoms with E-state index in [1.165, 1.54) is 0 Å². The Morgan fingerprint density at radius 1 is 1.60 bits per heavy atom. The van der Waals surface area contributed by atoms with Crippen LogP contribution >= 0.6 is 15.9 Å². The average molecular weight is 275 g/mol. The monoisotopic (exact) mass is 274 g/mol. The number of hydrogen-bond acceptors (Lipinski definition) is 2. The van der Waals surface area contributed by atoms with E-state index in [0.717, 1.165) is 22.3 Å². The van der Waals surface area contributed by atoms with Crippen LogP contribution in [-0.4, -0.2) is 20.9 Å². The maximum absolute atomic E-state index is 11.1. The minimum atomic E-state index is -0.824. The van der Waals surface area contributed by atoms with E-state index in [2.05, 4.69) is 21.0 Å². The van der Waals surface area contributed by atoms with Crippen molar-refractivity contribution in [2.24, 2.45) is 0 Å². The summed E-state index contributed by atoms with van der Waals surface area (Å²) in [5, 5.41) is 13.3. The Labute approximate surface area is 97.4 Å². The highest BCUT2D eigenvalue weighted by molar-refractivity contribution is 9.10. The second kappa shape index (κ2) is 4.79. The van der Waals surface area contributed by atoms with Crippen molar-refractivity contribution in [2.75, 3.05) is 0 Å². The lowest BCUT2D eigenvalue weighted by Gasteiger charge is -2.13. The molecule has 0 spiro atoms. The Morgan fingerprint density at radius 2 is 2.20 bits per heavy atom. The minimum Gasteiger partial charge on any atom is -0.480 e. The molecule has 0 fully saturated rings. The van der Waals surface area contributed by atoms with Crippen molar-refractivity contribution in [3.63, 3.8) is 0 Å². The van der Waals surface area contributed by atoms with E-state index in [0.29, 0.717) is 6.42 Å². The lowest BCUT2D eigenvalue weighted by atomic mass is 10.1. The van der Waals surface area contributed by atoms with E-state index in [4.69, 9.17) is 5.11 Å². The number of carbonyl (C=O) groups is 1. The quantitative estimate of drug-likeness (QED) is 0.919. The van der Waals surface area contributed by atoms with E-state index < -0.39 is 12.0 Å². The molecular weight excluding hydrogens is 260 g/mol. The summed E-state index contributed by atoms with van der Waals surface area (Å²) in [4.78, 5) is 11.1. The lowest BCUT2D eigenvalue weighted by molar-refractivity contribution is -0.141. The molecular formula is C10H15BrN2O2. The standard InChI is InChI=1S/C10H15BrN2O2/c1-4-5-8(10(14)15)13-7(3)9(11)6(2)12-13/h8H,4-5H2,1-3H3,(H,14,15). The van der Waals surface area contributed by atoms with Gasteiger partial charge in [0.05, 0.1) is 15.9 Å². The van der Waals surface area contributed by atoms with Gasteiger partial charge < -0.3 is 5.11 Å². The van der Waals surface area contributed by atoms with Gasteiger partial charge in [0.15, 0.2) is 0 Å². The zero-order valence-electron chi connectivity index (χ0n) is 9.12. The van der Waals surface area contributed by atoms with Crippen molar-refractivity contribution in [1.29, 1.82) is 0 Å². The Kier molecular flexibility index (Phi) is 3.90. The molecule has 0 aliphatic rings. The van der Waals surface area contributed by atoms with Crippen molar-refractivity contribution in [2.45, 2.75) is 39.7 Å². The summed E-state index contributed by atoms with van der Waals surface area (Å²) in [6.45, 7) is 5.70. The molecule has 0 bridgehead atoms. The molecule has 1 rings (SSSR count). The highest BCUT2D eigenvalue weighted by Crippen LogP contribution is 2.24. The van der Waals surface area contributed by atoms with Gasteiger partial charge in [-0.15, -0.1) is 0 Å². The first-order valence-corrected chi connectivity index (χ1v) is 5.72. The van der Waals surface area contributed by atoms with E-state index in [1.54, 1.807) is 4.68 Å². The highest BCUT2D eigenvalue weighted by atomic mass is 79.9. The normalized spacial score (nSPS) is 12.8. The summed E-state index contributed by atoms with van der Waals surface area (Å²) in [7, 11) is 0. The van der Waals surface area contributed by atoms with Crippen molar-refractivity contribution in [3.05, 3.63) is 15.9 Å². The van der Waals surface area contributed by atoms with E-state index >= 15 is 0 Å². The van der Waals surface area contributed by atoms with Crippen LogP contribution in [0.3, 0.4) is 0 Å². The summed E-state index contributed by atoms with van der Waals surface area (Å²) < 4.78 is 2.48. The summed E-state index contributed by atoms with van der Waals surface area (Å²) in [5.41, 5.74) is 1.70. The van der Waals surface area contributed by atoms with Crippen LogP contribution in [0.1, 0.15) is 37.2 Å². The first-order chi connectivity index (χ1) is 6.99. The zero-order valence-corrected chi connectivity index (χ0v) is 10.7. The number of halogens is 1. The molecule has 15 heavy (non-hydrogen) atoms. The molecule has 1 aromatic rings. The van der Waals surface area contributed by atoms with E-state index in [-0.39, 0.29) is 0 Å². The summed E-state index contributed by atoms with van der Waals surface area (Å²) in [5.74, 6) is -0.824.